The summed E-state index contributed by atoms with van der Waals surface area (Å²) in [5, 5.41) is 14.5. The molecule has 0 fully saturated rings. The summed E-state index contributed by atoms with van der Waals surface area (Å²) in [7, 11) is 0. The van der Waals surface area contributed by atoms with E-state index in [0.29, 0.717) is 11.4 Å². The van der Waals surface area contributed by atoms with Gasteiger partial charge in [0, 0.05) is 28.9 Å². The van der Waals surface area contributed by atoms with Gasteiger partial charge >= 0.3 is 0 Å². The van der Waals surface area contributed by atoms with Gasteiger partial charge < -0.3 is 10.4 Å². The fraction of sp³-hybridized carbons (Fsp3) is 0.167. The Labute approximate surface area is 134 Å². The zero-order valence-corrected chi connectivity index (χ0v) is 12.8. The van der Waals surface area contributed by atoms with Crippen LogP contribution in [-0.4, -0.2) is 16.7 Å². The number of halogens is 1. The maximum absolute atomic E-state index is 9.36. The highest BCUT2D eigenvalue weighted by molar-refractivity contribution is 6.31. The van der Waals surface area contributed by atoms with Crippen molar-refractivity contribution in [1.29, 1.82) is 0 Å². The zero-order chi connectivity index (χ0) is 15.4. The van der Waals surface area contributed by atoms with Crippen molar-refractivity contribution in [1.82, 2.24) is 4.98 Å². The van der Waals surface area contributed by atoms with E-state index in [1.807, 2.05) is 42.5 Å². The van der Waals surface area contributed by atoms with Crippen LogP contribution in [0.4, 0.5) is 5.69 Å². The number of nitrogens with zero attached hydrogens (tertiary/aromatic N) is 1. The molecule has 0 aliphatic rings. The molecule has 1 aromatic heterocycles. The van der Waals surface area contributed by atoms with Crippen molar-refractivity contribution in [3.05, 3.63) is 71.4 Å². The molecule has 4 heteroatoms. The van der Waals surface area contributed by atoms with Crippen LogP contribution in [0.2, 0.25) is 5.02 Å². The molecule has 2 N–H and O–H groups in total. The average molecular weight is 313 g/mol. The number of fused-ring (bicyclic) bond motifs is 1. The van der Waals surface area contributed by atoms with Crippen molar-refractivity contribution < 1.29 is 5.11 Å². The number of hydrogen-bond donors (Lipinski definition) is 2. The Hall–Kier alpha value is -2.10. The number of pyridine rings is 1. The third kappa shape index (κ3) is 3.21. The lowest BCUT2D eigenvalue weighted by molar-refractivity contribution is 0.280. The predicted molar refractivity (Wildman–Crippen MR) is 91.3 cm³/mol. The Morgan fingerprint density at radius 3 is 2.68 bits per heavy atom. The Morgan fingerprint density at radius 2 is 1.91 bits per heavy atom. The van der Waals surface area contributed by atoms with Gasteiger partial charge in [-0.3, -0.25) is 4.98 Å². The van der Waals surface area contributed by atoms with Crippen LogP contribution in [0.25, 0.3) is 10.9 Å². The van der Waals surface area contributed by atoms with Crippen LogP contribution < -0.4 is 5.32 Å². The maximum atomic E-state index is 9.36. The van der Waals surface area contributed by atoms with Crippen molar-refractivity contribution >= 4 is 28.2 Å². The van der Waals surface area contributed by atoms with Crippen LogP contribution in [0.1, 0.15) is 18.0 Å². The topological polar surface area (TPSA) is 45.1 Å². The number of aromatic nitrogens is 1. The fourth-order valence-corrected chi connectivity index (χ4v) is 2.74. The van der Waals surface area contributed by atoms with E-state index in [-0.39, 0.29) is 12.6 Å². The summed E-state index contributed by atoms with van der Waals surface area (Å²) in [4.78, 5) is 4.36. The third-order valence-electron chi connectivity index (χ3n) is 3.65. The summed E-state index contributed by atoms with van der Waals surface area (Å²) in [6, 6.07) is 17.7. The highest BCUT2D eigenvalue weighted by Gasteiger charge is 2.12. The zero-order valence-electron chi connectivity index (χ0n) is 12.0. The Kier molecular flexibility index (Phi) is 4.56. The lowest BCUT2D eigenvalue weighted by Crippen LogP contribution is -2.12. The van der Waals surface area contributed by atoms with Crippen molar-refractivity contribution in [2.45, 2.75) is 12.5 Å². The van der Waals surface area contributed by atoms with Gasteiger partial charge in [0.1, 0.15) is 0 Å². The molecule has 3 aromatic rings. The molecule has 0 spiro atoms. The molecule has 0 saturated heterocycles. The van der Waals surface area contributed by atoms with E-state index >= 15 is 0 Å². The van der Waals surface area contributed by atoms with E-state index in [0.717, 1.165) is 22.2 Å². The normalized spacial score (nSPS) is 12.3. The van der Waals surface area contributed by atoms with Crippen LogP contribution in [0.5, 0.6) is 0 Å². The van der Waals surface area contributed by atoms with Crippen molar-refractivity contribution in [2.75, 3.05) is 11.9 Å². The number of rotatable bonds is 5. The minimum absolute atomic E-state index is 0.0378. The Morgan fingerprint density at radius 1 is 1.09 bits per heavy atom. The monoisotopic (exact) mass is 312 g/mol. The molecule has 3 nitrogen and oxygen atoms in total. The number of aliphatic hydroxyl groups is 1. The van der Waals surface area contributed by atoms with Gasteiger partial charge in [0.2, 0.25) is 0 Å². The van der Waals surface area contributed by atoms with E-state index in [4.69, 9.17) is 11.6 Å². The number of nitrogens with one attached hydrogen (secondary N) is 1. The van der Waals surface area contributed by atoms with E-state index in [1.54, 1.807) is 6.20 Å². The van der Waals surface area contributed by atoms with Gasteiger partial charge in [-0.25, -0.2) is 0 Å². The molecule has 2 aromatic carbocycles. The minimum atomic E-state index is 0.0378. The van der Waals surface area contributed by atoms with Gasteiger partial charge in [-0.1, -0.05) is 41.9 Å². The molecule has 0 saturated carbocycles. The SMILES string of the molecule is OCC[C@@H](Nc1ccnc2ccc(Cl)cc12)c1ccccc1. The van der Waals surface area contributed by atoms with E-state index < -0.39 is 0 Å². The van der Waals surface area contributed by atoms with Crippen LogP contribution in [0, 0.1) is 0 Å². The Balaban J connectivity index is 1.98. The molecule has 0 amide bonds. The Bertz CT molecular complexity index is 761. The highest BCUT2D eigenvalue weighted by Crippen LogP contribution is 2.29. The molecule has 0 radical (unpaired) electrons. The smallest absolute Gasteiger partial charge is 0.0723 e. The molecule has 22 heavy (non-hydrogen) atoms. The summed E-state index contributed by atoms with van der Waals surface area (Å²) in [5.74, 6) is 0. The fourth-order valence-electron chi connectivity index (χ4n) is 2.57. The molecular weight excluding hydrogens is 296 g/mol. The van der Waals surface area contributed by atoms with Gasteiger partial charge in [0.25, 0.3) is 0 Å². The average Bonchev–Trinajstić information content (AvgIpc) is 2.56. The molecule has 0 aliphatic carbocycles. The largest absolute Gasteiger partial charge is 0.396 e. The minimum Gasteiger partial charge on any atom is -0.396 e. The summed E-state index contributed by atoms with van der Waals surface area (Å²) < 4.78 is 0. The number of aliphatic hydroxyl groups excluding tert-OH is 1. The van der Waals surface area contributed by atoms with Crippen LogP contribution in [0.3, 0.4) is 0 Å². The van der Waals surface area contributed by atoms with E-state index in [9.17, 15) is 5.11 Å². The molecule has 1 heterocycles. The summed E-state index contributed by atoms with van der Waals surface area (Å²) in [6.45, 7) is 0.121. The standard InChI is InChI=1S/C18H17ClN2O/c19-14-6-7-17-15(12-14)18(8-10-20-17)21-16(9-11-22)13-4-2-1-3-5-13/h1-8,10,12,16,22H,9,11H2,(H,20,21)/t16-/m1/s1. The molecule has 3 rings (SSSR count). The first kappa shape index (κ1) is 14.8. The first-order chi connectivity index (χ1) is 10.8. The molecule has 0 unspecified atom stereocenters. The lowest BCUT2D eigenvalue weighted by atomic mass is 10.0. The lowest BCUT2D eigenvalue weighted by Gasteiger charge is -2.20. The van der Waals surface area contributed by atoms with Crippen LogP contribution >= 0.6 is 11.6 Å². The van der Waals surface area contributed by atoms with Gasteiger partial charge in [-0.15, -0.1) is 0 Å². The van der Waals surface area contributed by atoms with Gasteiger partial charge in [0.05, 0.1) is 11.6 Å². The van der Waals surface area contributed by atoms with Gasteiger partial charge in [-0.05, 0) is 36.2 Å². The first-order valence-electron chi connectivity index (χ1n) is 7.24. The molecule has 1 atom stereocenters. The van der Waals surface area contributed by atoms with Crippen molar-refractivity contribution in [2.24, 2.45) is 0 Å². The van der Waals surface area contributed by atoms with Crippen molar-refractivity contribution in [3.8, 4) is 0 Å². The molecular formula is C18H17ClN2O. The molecule has 112 valence electrons. The molecule has 0 bridgehead atoms. The van der Waals surface area contributed by atoms with Gasteiger partial charge in [0.15, 0.2) is 0 Å². The van der Waals surface area contributed by atoms with E-state index in [1.165, 1.54) is 0 Å². The van der Waals surface area contributed by atoms with E-state index in [2.05, 4.69) is 22.4 Å². The summed E-state index contributed by atoms with van der Waals surface area (Å²) in [5.41, 5.74) is 3.00. The predicted octanol–water partition coefficient (Wildman–Crippen LogP) is 4.42. The summed E-state index contributed by atoms with van der Waals surface area (Å²) >= 11 is 6.11. The van der Waals surface area contributed by atoms with Crippen LogP contribution in [-0.2, 0) is 0 Å². The third-order valence-corrected chi connectivity index (χ3v) is 3.89. The molecule has 0 aliphatic heterocycles. The van der Waals surface area contributed by atoms with Gasteiger partial charge in [-0.2, -0.15) is 0 Å². The second-order valence-corrected chi connectivity index (χ2v) is 5.58. The van der Waals surface area contributed by atoms with Crippen LogP contribution in [0.15, 0.2) is 60.8 Å². The first-order valence-corrected chi connectivity index (χ1v) is 7.62. The number of hydrogen-bond acceptors (Lipinski definition) is 3. The second kappa shape index (κ2) is 6.77. The maximum Gasteiger partial charge on any atom is 0.0723 e. The highest BCUT2D eigenvalue weighted by atomic mass is 35.5. The summed E-state index contributed by atoms with van der Waals surface area (Å²) in [6.07, 6.45) is 2.41. The number of benzene rings is 2. The second-order valence-electron chi connectivity index (χ2n) is 5.14. The quantitative estimate of drug-likeness (QED) is 0.733. The number of anilines is 1. The van der Waals surface area contributed by atoms with Crippen molar-refractivity contribution in [3.63, 3.8) is 0 Å².